The second-order valence-corrected chi connectivity index (χ2v) is 5.94. The minimum Gasteiger partial charge on any atom is -0.466 e. The lowest BCUT2D eigenvalue weighted by Crippen LogP contribution is -2.25. The molecule has 0 bridgehead atoms. The lowest BCUT2D eigenvalue weighted by Gasteiger charge is -2.17. The molecule has 2 aromatic carbocycles. The van der Waals surface area contributed by atoms with E-state index in [9.17, 15) is 18.8 Å². The van der Waals surface area contributed by atoms with E-state index >= 15 is 0 Å². The maximum atomic E-state index is 13.4. The first-order valence-corrected chi connectivity index (χ1v) is 8.59. The Hall–Kier alpha value is -3.28. The van der Waals surface area contributed by atoms with Crippen LogP contribution in [-0.4, -0.2) is 23.4 Å². The van der Waals surface area contributed by atoms with E-state index < -0.39 is 11.8 Å². The van der Waals surface area contributed by atoms with Crippen molar-refractivity contribution in [3.05, 3.63) is 70.3 Å². The van der Waals surface area contributed by atoms with Crippen molar-refractivity contribution >= 4 is 23.0 Å². The minimum absolute atomic E-state index is 0.0153. The highest BCUT2D eigenvalue weighted by Crippen LogP contribution is 2.27. The molecule has 0 saturated carbocycles. The molecule has 3 rings (SSSR count). The van der Waals surface area contributed by atoms with Crippen molar-refractivity contribution in [2.75, 3.05) is 6.61 Å². The molecule has 0 fully saturated rings. The van der Waals surface area contributed by atoms with Crippen LogP contribution in [0.4, 0.5) is 4.39 Å². The molecule has 0 N–H and O–H groups in total. The van der Waals surface area contributed by atoms with E-state index in [0.717, 1.165) is 0 Å². The van der Waals surface area contributed by atoms with E-state index in [-0.39, 0.29) is 25.1 Å². The lowest BCUT2D eigenvalue weighted by molar-refractivity contribution is -0.143. The van der Waals surface area contributed by atoms with Gasteiger partial charge in [-0.3, -0.25) is 14.4 Å². The Morgan fingerprint density at radius 1 is 1.11 bits per heavy atom. The lowest BCUT2D eigenvalue weighted by atomic mass is 9.99. The Balaban J connectivity index is 2.26. The van der Waals surface area contributed by atoms with Gasteiger partial charge in [-0.2, -0.15) is 0 Å². The zero-order chi connectivity index (χ0) is 19.4. The summed E-state index contributed by atoms with van der Waals surface area (Å²) in [5.41, 5.74) is 0.878. The maximum Gasteiger partial charge on any atom is 0.307 e. The first-order chi connectivity index (χ1) is 13.1. The van der Waals surface area contributed by atoms with E-state index in [1.807, 2.05) is 0 Å². The molecule has 0 radical (unpaired) electrons. The van der Waals surface area contributed by atoms with Gasteiger partial charge in [-0.05, 0) is 48.2 Å². The van der Waals surface area contributed by atoms with Crippen LogP contribution < -0.4 is 5.56 Å². The summed E-state index contributed by atoms with van der Waals surface area (Å²) in [7, 11) is 0. The molecule has 0 spiro atoms. The maximum absolute atomic E-state index is 13.4. The Labute approximate surface area is 155 Å². The molecule has 0 aliphatic heterocycles. The van der Waals surface area contributed by atoms with Gasteiger partial charge in [-0.25, -0.2) is 4.39 Å². The molecule has 1 aromatic heterocycles. The smallest absolute Gasteiger partial charge is 0.307 e. The van der Waals surface area contributed by atoms with Gasteiger partial charge in [-0.15, -0.1) is 0 Å². The predicted molar refractivity (Wildman–Crippen MR) is 100 cm³/mol. The number of aromatic nitrogens is 1. The molecular weight excluding hydrogens is 349 g/mol. The van der Waals surface area contributed by atoms with Crippen LogP contribution in [0.1, 0.15) is 23.7 Å². The number of carbonyl (C=O) groups excluding carboxylic acids is 2. The first-order valence-electron chi connectivity index (χ1n) is 8.59. The van der Waals surface area contributed by atoms with Crippen molar-refractivity contribution in [3.8, 4) is 11.3 Å². The topological polar surface area (TPSA) is 65.4 Å². The van der Waals surface area contributed by atoms with Gasteiger partial charge >= 0.3 is 5.97 Å². The predicted octanol–water partition coefficient (Wildman–Crippen LogP) is 3.57. The highest BCUT2D eigenvalue weighted by molar-refractivity contribution is 6.03. The second kappa shape index (κ2) is 7.95. The molecule has 1 heterocycles. The van der Waals surface area contributed by atoms with E-state index in [2.05, 4.69) is 0 Å². The van der Waals surface area contributed by atoms with Crippen LogP contribution in [0.15, 0.2) is 53.3 Å². The van der Waals surface area contributed by atoms with Gasteiger partial charge < -0.3 is 9.30 Å². The van der Waals surface area contributed by atoms with Gasteiger partial charge in [0, 0.05) is 17.5 Å². The SMILES string of the molecule is CCOC(=O)CCn1c(-c2ccc(F)cc2)c(C=O)c2ccccc2c1=O. The number of rotatable bonds is 6. The van der Waals surface area contributed by atoms with E-state index in [4.69, 9.17) is 4.74 Å². The fourth-order valence-electron chi connectivity index (χ4n) is 3.11. The number of aldehydes is 1. The molecule has 3 aromatic rings. The normalized spacial score (nSPS) is 10.7. The van der Waals surface area contributed by atoms with Crippen LogP contribution in [0.2, 0.25) is 0 Å². The summed E-state index contributed by atoms with van der Waals surface area (Å²) in [4.78, 5) is 36.7. The average molecular weight is 367 g/mol. The summed E-state index contributed by atoms with van der Waals surface area (Å²) in [5.74, 6) is -0.858. The van der Waals surface area contributed by atoms with Crippen LogP contribution in [0, 0.1) is 5.82 Å². The van der Waals surface area contributed by atoms with Crippen molar-refractivity contribution in [2.24, 2.45) is 0 Å². The third-order valence-corrected chi connectivity index (χ3v) is 4.30. The molecule has 138 valence electrons. The highest BCUT2D eigenvalue weighted by atomic mass is 19.1. The number of benzene rings is 2. The molecule has 0 unspecified atom stereocenters. The van der Waals surface area contributed by atoms with E-state index in [1.54, 1.807) is 31.2 Å². The van der Waals surface area contributed by atoms with Gasteiger partial charge in [-0.1, -0.05) is 18.2 Å². The summed E-state index contributed by atoms with van der Waals surface area (Å²) < 4.78 is 19.7. The standard InChI is InChI=1S/C21H18FNO4/c1-2-27-19(25)11-12-23-20(14-7-9-15(22)10-8-14)18(13-24)16-5-3-4-6-17(16)21(23)26/h3-10,13H,2,11-12H2,1H3. The molecule has 0 amide bonds. The van der Waals surface area contributed by atoms with Crippen molar-refractivity contribution < 1.29 is 18.7 Å². The van der Waals surface area contributed by atoms with Gasteiger partial charge in [0.2, 0.25) is 0 Å². The van der Waals surface area contributed by atoms with Gasteiger partial charge in [0.1, 0.15) is 5.82 Å². The molecule has 0 saturated heterocycles. The van der Waals surface area contributed by atoms with Crippen molar-refractivity contribution in [1.82, 2.24) is 4.57 Å². The molecule has 5 nitrogen and oxygen atoms in total. The zero-order valence-electron chi connectivity index (χ0n) is 14.8. The summed E-state index contributed by atoms with van der Waals surface area (Å²) in [5, 5.41) is 0.901. The molecule has 0 aliphatic carbocycles. The van der Waals surface area contributed by atoms with Crippen molar-refractivity contribution in [1.29, 1.82) is 0 Å². The number of hydrogen-bond donors (Lipinski definition) is 0. The number of pyridine rings is 1. The second-order valence-electron chi connectivity index (χ2n) is 5.94. The zero-order valence-corrected chi connectivity index (χ0v) is 14.8. The third-order valence-electron chi connectivity index (χ3n) is 4.30. The minimum atomic E-state index is -0.435. The summed E-state index contributed by atoms with van der Waals surface area (Å²) in [6.07, 6.45) is 0.667. The van der Waals surface area contributed by atoms with Gasteiger partial charge in [0.25, 0.3) is 5.56 Å². The van der Waals surface area contributed by atoms with Crippen LogP contribution in [0.3, 0.4) is 0 Å². The van der Waals surface area contributed by atoms with Crippen LogP contribution >= 0.6 is 0 Å². The van der Waals surface area contributed by atoms with Crippen LogP contribution in [-0.2, 0) is 16.1 Å². The van der Waals surface area contributed by atoms with Gasteiger partial charge in [0.05, 0.1) is 18.7 Å². The number of esters is 1. The van der Waals surface area contributed by atoms with Crippen molar-refractivity contribution in [2.45, 2.75) is 19.9 Å². The quantitative estimate of drug-likeness (QED) is 0.493. The largest absolute Gasteiger partial charge is 0.466 e. The summed E-state index contributed by atoms with van der Waals surface area (Å²) in [6, 6.07) is 12.3. The molecule has 0 aliphatic rings. The van der Waals surface area contributed by atoms with Crippen LogP contribution in [0.5, 0.6) is 0 Å². The molecule has 27 heavy (non-hydrogen) atoms. The molecule has 0 atom stereocenters. The number of ether oxygens (including phenoxy) is 1. The fraction of sp³-hybridized carbons (Fsp3) is 0.190. The first kappa shape index (κ1) is 18.5. The Morgan fingerprint density at radius 3 is 2.41 bits per heavy atom. The Bertz CT molecular complexity index is 1050. The third kappa shape index (κ3) is 3.65. The Morgan fingerprint density at radius 2 is 1.78 bits per heavy atom. The Kier molecular flexibility index (Phi) is 5.45. The van der Waals surface area contributed by atoms with Gasteiger partial charge in [0.15, 0.2) is 6.29 Å². The number of fused-ring (bicyclic) bond motifs is 1. The van der Waals surface area contributed by atoms with E-state index in [1.165, 1.54) is 28.8 Å². The average Bonchev–Trinajstić information content (AvgIpc) is 2.68. The number of carbonyl (C=O) groups is 2. The van der Waals surface area contributed by atoms with Crippen molar-refractivity contribution in [3.63, 3.8) is 0 Å². The summed E-state index contributed by atoms with van der Waals surface area (Å²) >= 11 is 0. The van der Waals surface area contributed by atoms with Crippen LogP contribution in [0.25, 0.3) is 22.0 Å². The molecular formula is C21H18FNO4. The number of halogens is 1. The monoisotopic (exact) mass is 367 g/mol. The van der Waals surface area contributed by atoms with E-state index in [0.29, 0.717) is 33.9 Å². The fourth-order valence-corrected chi connectivity index (χ4v) is 3.11. The molecule has 6 heteroatoms. The summed E-state index contributed by atoms with van der Waals surface area (Å²) in [6.45, 7) is 2.00. The number of nitrogens with zero attached hydrogens (tertiary/aromatic N) is 1. The highest BCUT2D eigenvalue weighted by Gasteiger charge is 2.18. The number of hydrogen-bond acceptors (Lipinski definition) is 4.